The first-order valence-corrected chi connectivity index (χ1v) is 7.91. The molecule has 0 spiro atoms. The van der Waals surface area contributed by atoms with Crippen LogP contribution in [-0.2, 0) is 6.18 Å². The number of halogens is 3. The molecule has 134 valence electrons. The highest BCUT2D eigenvalue weighted by Crippen LogP contribution is 2.34. The lowest BCUT2D eigenvalue weighted by atomic mass is 10.1. The van der Waals surface area contributed by atoms with E-state index in [2.05, 4.69) is 25.3 Å². The lowest BCUT2D eigenvalue weighted by Crippen LogP contribution is -2.16. The number of fused-ring (bicyclic) bond motifs is 1. The second-order valence-electron chi connectivity index (χ2n) is 5.84. The predicted molar refractivity (Wildman–Crippen MR) is 90.2 cm³/mol. The standard InChI is InChI=1S/C17H15F3N6/c1-3-9(2)25-16-24-6-10(5-21)14(26-16)13-8-23-15-12(13)4-11(7-22-15)17(18,19)20/h4,6-9H,3H2,1-2H3,(H,22,23)(H,24,25,26)/t9-/m0/s1. The van der Waals surface area contributed by atoms with Crippen molar-refractivity contribution in [3.63, 3.8) is 0 Å². The molecular formula is C17H15F3N6. The minimum atomic E-state index is -4.51. The highest BCUT2D eigenvalue weighted by Gasteiger charge is 2.31. The summed E-state index contributed by atoms with van der Waals surface area (Å²) >= 11 is 0. The van der Waals surface area contributed by atoms with E-state index in [4.69, 9.17) is 0 Å². The van der Waals surface area contributed by atoms with Crippen LogP contribution in [0.5, 0.6) is 0 Å². The van der Waals surface area contributed by atoms with E-state index in [-0.39, 0.29) is 28.3 Å². The minimum Gasteiger partial charge on any atom is -0.352 e. The summed E-state index contributed by atoms with van der Waals surface area (Å²) in [6.07, 6.45) is -0.0575. The number of H-pyrrole nitrogens is 1. The summed E-state index contributed by atoms with van der Waals surface area (Å²) in [5, 5.41) is 12.7. The fourth-order valence-corrected chi connectivity index (χ4v) is 2.42. The quantitative estimate of drug-likeness (QED) is 0.730. The van der Waals surface area contributed by atoms with Crippen LogP contribution < -0.4 is 5.32 Å². The van der Waals surface area contributed by atoms with Crippen molar-refractivity contribution in [3.05, 3.63) is 35.8 Å². The molecule has 0 aliphatic carbocycles. The Morgan fingerprint density at radius 2 is 2.08 bits per heavy atom. The number of aromatic nitrogens is 4. The van der Waals surface area contributed by atoms with Gasteiger partial charge in [-0.1, -0.05) is 6.92 Å². The first-order chi connectivity index (χ1) is 12.3. The normalized spacial score (nSPS) is 12.8. The van der Waals surface area contributed by atoms with Gasteiger partial charge in [-0.15, -0.1) is 0 Å². The molecule has 0 saturated carbocycles. The molecule has 3 aromatic rings. The largest absolute Gasteiger partial charge is 0.417 e. The number of aromatic amines is 1. The summed E-state index contributed by atoms with van der Waals surface area (Å²) in [5.41, 5.74) is 0.201. The Kier molecular flexibility index (Phi) is 4.50. The molecule has 3 heterocycles. The first kappa shape index (κ1) is 17.7. The molecule has 0 amide bonds. The summed E-state index contributed by atoms with van der Waals surface area (Å²) in [7, 11) is 0. The molecule has 0 bridgehead atoms. The van der Waals surface area contributed by atoms with Crippen LogP contribution in [0, 0.1) is 11.3 Å². The second-order valence-corrected chi connectivity index (χ2v) is 5.84. The fourth-order valence-electron chi connectivity index (χ4n) is 2.42. The van der Waals surface area contributed by atoms with E-state index < -0.39 is 11.7 Å². The molecule has 0 unspecified atom stereocenters. The van der Waals surface area contributed by atoms with E-state index in [0.717, 1.165) is 18.7 Å². The molecule has 0 fully saturated rings. The van der Waals surface area contributed by atoms with Crippen molar-refractivity contribution in [2.24, 2.45) is 0 Å². The molecule has 0 aromatic carbocycles. The number of pyridine rings is 1. The van der Waals surface area contributed by atoms with Gasteiger partial charge in [0.15, 0.2) is 0 Å². The van der Waals surface area contributed by atoms with Gasteiger partial charge >= 0.3 is 6.18 Å². The van der Waals surface area contributed by atoms with Crippen LogP contribution in [0.4, 0.5) is 19.1 Å². The molecule has 0 saturated heterocycles. The van der Waals surface area contributed by atoms with Gasteiger partial charge < -0.3 is 10.3 Å². The maximum absolute atomic E-state index is 13.0. The van der Waals surface area contributed by atoms with E-state index in [0.29, 0.717) is 11.5 Å². The lowest BCUT2D eigenvalue weighted by molar-refractivity contribution is -0.137. The van der Waals surface area contributed by atoms with Crippen molar-refractivity contribution in [2.75, 3.05) is 5.32 Å². The monoisotopic (exact) mass is 360 g/mol. The second kappa shape index (κ2) is 6.63. The number of nitrogens with one attached hydrogen (secondary N) is 2. The molecule has 1 atom stereocenters. The van der Waals surface area contributed by atoms with Gasteiger partial charge in [0.2, 0.25) is 5.95 Å². The molecular weight excluding hydrogens is 345 g/mol. The van der Waals surface area contributed by atoms with Crippen molar-refractivity contribution >= 4 is 17.0 Å². The summed E-state index contributed by atoms with van der Waals surface area (Å²) < 4.78 is 39.0. The van der Waals surface area contributed by atoms with Gasteiger partial charge in [-0.25, -0.2) is 15.0 Å². The average molecular weight is 360 g/mol. The van der Waals surface area contributed by atoms with E-state index in [1.807, 2.05) is 19.9 Å². The van der Waals surface area contributed by atoms with Crippen molar-refractivity contribution in [2.45, 2.75) is 32.5 Å². The smallest absolute Gasteiger partial charge is 0.352 e. The van der Waals surface area contributed by atoms with Crippen molar-refractivity contribution in [1.82, 2.24) is 19.9 Å². The zero-order valence-corrected chi connectivity index (χ0v) is 14.0. The molecule has 3 rings (SSSR count). The van der Waals surface area contributed by atoms with Crippen molar-refractivity contribution < 1.29 is 13.2 Å². The van der Waals surface area contributed by atoms with Crippen LogP contribution in [0.2, 0.25) is 0 Å². The minimum absolute atomic E-state index is 0.109. The Balaban J connectivity index is 2.16. The van der Waals surface area contributed by atoms with Gasteiger partial charge in [-0.2, -0.15) is 18.4 Å². The summed E-state index contributed by atoms with van der Waals surface area (Å²) in [6.45, 7) is 3.94. The first-order valence-electron chi connectivity index (χ1n) is 7.91. The molecule has 3 aromatic heterocycles. The van der Waals surface area contributed by atoms with Crippen molar-refractivity contribution in [3.8, 4) is 17.3 Å². The topological polar surface area (TPSA) is 90.3 Å². The summed E-state index contributed by atoms with van der Waals surface area (Å²) in [6, 6.07) is 3.09. The fraction of sp³-hybridized carbons (Fsp3) is 0.294. The van der Waals surface area contributed by atoms with Gasteiger partial charge in [-0.3, -0.25) is 0 Å². The average Bonchev–Trinajstić information content (AvgIpc) is 3.03. The number of anilines is 1. The van der Waals surface area contributed by atoms with Gasteiger partial charge in [-0.05, 0) is 19.4 Å². The SMILES string of the molecule is CC[C@H](C)Nc1ncc(C#N)c(-c2c[nH]c3ncc(C(F)(F)F)cc23)n1. The molecule has 6 nitrogen and oxygen atoms in total. The Hall–Kier alpha value is -3.15. The number of hydrogen-bond acceptors (Lipinski definition) is 5. The van der Waals surface area contributed by atoms with Gasteiger partial charge in [0, 0.05) is 29.4 Å². The summed E-state index contributed by atoms with van der Waals surface area (Å²) in [5.74, 6) is 0.308. The third-order valence-corrected chi connectivity index (χ3v) is 4.01. The van der Waals surface area contributed by atoms with E-state index >= 15 is 0 Å². The van der Waals surface area contributed by atoms with Crippen LogP contribution in [-0.4, -0.2) is 26.0 Å². The number of nitriles is 1. The lowest BCUT2D eigenvalue weighted by Gasteiger charge is -2.12. The Morgan fingerprint density at radius 1 is 1.31 bits per heavy atom. The zero-order chi connectivity index (χ0) is 18.9. The van der Waals surface area contributed by atoms with E-state index in [9.17, 15) is 18.4 Å². The van der Waals surface area contributed by atoms with Crippen LogP contribution >= 0.6 is 0 Å². The molecule has 0 aliphatic heterocycles. The summed E-state index contributed by atoms with van der Waals surface area (Å²) in [4.78, 5) is 15.1. The Bertz CT molecular complexity index is 986. The van der Waals surface area contributed by atoms with Crippen LogP contribution in [0.25, 0.3) is 22.3 Å². The highest BCUT2D eigenvalue weighted by molar-refractivity contribution is 5.94. The maximum atomic E-state index is 13.0. The third-order valence-electron chi connectivity index (χ3n) is 4.01. The van der Waals surface area contributed by atoms with Gasteiger partial charge in [0.25, 0.3) is 0 Å². The number of alkyl halides is 3. The predicted octanol–water partition coefficient (Wildman–Crippen LogP) is 4.12. The molecule has 9 heteroatoms. The van der Waals surface area contributed by atoms with Crippen LogP contribution in [0.15, 0.2) is 24.7 Å². The number of nitrogens with zero attached hydrogens (tertiary/aromatic N) is 4. The Labute approximate surface area is 147 Å². The molecule has 26 heavy (non-hydrogen) atoms. The van der Waals surface area contributed by atoms with Crippen LogP contribution in [0.3, 0.4) is 0 Å². The third kappa shape index (κ3) is 3.31. The highest BCUT2D eigenvalue weighted by atomic mass is 19.4. The molecule has 2 N–H and O–H groups in total. The van der Waals surface area contributed by atoms with Crippen LogP contribution in [0.1, 0.15) is 31.4 Å². The maximum Gasteiger partial charge on any atom is 0.417 e. The van der Waals surface area contributed by atoms with E-state index in [1.165, 1.54) is 12.4 Å². The van der Waals surface area contributed by atoms with Gasteiger partial charge in [0.05, 0.1) is 23.0 Å². The van der Waals surface area contributed by atoms with E-state index in [1.54, 1.807) is 0 Å². The number of rotatable bonds is 4. The number of hydrogen-bond donors (Lipinski definition) is 2. The zero-order valence-electron chi connectivity index (χ0n) is 14.0. The van der Waals surface area contributed by atoms with Crippen molar-refractivity contribution in [1.29, 1.82) is 5.26 Å². The Morgan fingerprint density at radius 3 is 2.73 bits per heavy atom. The van der Waals surface area contributed by atoms with Gasteiger partial charge in [0.1, 0.15) is 11.7 Å². The molecule has 0 radical (unpaired) electrons. The molecule has 0 aliphatic rings.